The van der Waals surface area contributed by atoms with Crippen LogP contribution >= 0.6 is 0 Å². The summed E-state index contributed by atoms with van der Waals surface area (Å²) in [7, 11) is 0. The molecule has 0 saturated carbocycles. The molecule has 0 aromatic rings. The zero-order valence-electron chi connectivity index (χ0n) is 10.8. The number of amides is 1. The predicted octanol–water partition coefficient (Wildman–Crippen LogP) is 1.88. The van der Waals surface area contributed by atoms with Gasteiger partial charge in [-0.1, -0.05) is 27.7 Å². The summed E-state index contributed by atoms with van der Waals surface area (Å²) in [6.07, 6.45) is 1.83. The van der Waals surface area contributed by atoms with Crippen LogP contribution in [0.4, 0.5) is 0 Å². The van der Waals surface area contributed by atoms with Gasteiger partial charge < -0.3 is 10.1 Å². The van der Waals surface area contributed by atoms with E-state index in [1.54, 1.807) is 0 Å². The Morgan fingerprint density at radius 3 is 2.38 bits per heavy atom. The zero-order valence-corrected chi connectivity index (χ0v) is 10.8. The fraction of sp³-hybridized carbons (Fsp3) is 0.833. The Kier molecular flexibility index (Phi) is 6.77. The van der Waals surface area contributed by atoms with Gasteiger partial charge in [0.2, 0.25) is 5.91 Å². The minimum Gasteiger partial charge on any atom is -0.466 e. The number of carbonyl (C=O) groups is 2. The Hall–Kier alpha value is -1.06. The maximum absolute atomic E-state index is 11.5. The van der Waals surface area contributed by atoms with Crippen LogP contribution in [0.2, 0.25) is 0 Å². The molecule has 1 N–H and O–H groups in total. The first kappa shape index (κ1) is 14.9. The molecule has 0 radical (unpaired) electrons. The lowest BCUT2D eigenvalue weighted by Crippen LogP contribution is -2.35. The van der Waals surface area contributed by atoms with Crippen molar-refractivity contribution in [2.45, 2.75) is 47.0 Å². The highest BCUT2D eigenvalue weighted by Crippen LogP contribution is 2.12. The molecule has 4 heteroatoms. The summed E-state index contributed by atoms with van der Waals surface area (Å²) in [5.41, 5.74) is -0.372. The van der Waals surface area contributed by atoms with Crippen LogP contribution in [0, 0.1) is 5.41 Å². The van der Waals surface area contributed by atoms with Crippen LogP contribution in [0.3, 0.4) is 0 Å². The van der Waals surface area contributed by atoms with Crippen LogP contribution in [0.1, 0.15) is 47.0 Å². The Morgan fingerprint density at radius 1 is 1.25 bits per heavy atom. The van der Waals surface area contributed by atoms with E-state index in [1.165, 1.54) is 0 Å². The summed E-state index contributed by atoms with van der Waals surface area (Å²) in [5.74, 6) is -0.179. The average molecular weight is 229 g/mol. The van der Waals surface area contributed by atoms with Crippen LogP contribution in [-0.4, -0.2) is 25.0 Å². The first-order valence-corrected chi connectivity index (χ1v) is 5.82. The van der Waals surface area contributed by atoms with E-state index >= 15 is 0 Å². The first-order valence-electron chi connectivity index (χ1n) is 5.82. The Balaban J connectivity index is 3.54. The highest BCUT2D eigenvalue weighted by Gasteiger charge is 2.20. The highest BCUT2D eigenvalue weighted by atomic mass is 16.5. The molecule has 94 valence electrons. The lowest BCUT2D eigenvalue weighted by Gasteiger charge is -2.17. The van der Waals surface area contributed by atoms with Crippen molar-refractivity contribution < 1.29 is 14.3 Å². The molecule has 0 heterocycles. The molecule has 0 aliphatic carbocycles. The molecule has 0 atom stereocenters. The second kappa shape index (κ2) is 7.25. The zero-order chi connectivity index (χ0) is 12.6. The number of nitrogens with one attached hydrogen (secondary N) is 1. The van der Waals surface area contributed by atoms with Crippen LogP contribution in [0.25, 0.3) is 0 Å². The van der Waals surface area contributed by atoms with E-state index in [1.807, 2.05) is 27.7 Å². The number of ether oxygens (including phenoxy) is 1. The Labute approximate surface area is 97.7 Å². The van der Waals surface area contributed by atoms with Gasteiger partial charge in [0.15, 0.2) is 0 Å². The first-order chi connectivity index (χ1) is 7.38. The second-order valence-corrected chi connectivity index (χ2v) is 4.83. The molecular weight excluding hydrogens is 206 g/mol. The van der Waals surface area contributed by atoms with Gasteiger partial charge >= 0.3 is 5.97 Å². The van der Waals surface area contributed by atoms with Crippen LogP contribution in [0.15, 0.2) is 0 Å². The minimum absolute atomic E-state index is 0.00873. The van der Waals surface area contributed by atoms with E-state index in [-0.39, 0.29) is 17.3 Å². The lowest BCUT2D eigenvalue weighted by molar-refractivity contribution is -0.143. The average Bonchev–Trinajstić information content (AvgIpc) is 2.19. The summed E-state index contributed by atoms with van der Waals surface area (Å²) in [6.45, 7) is 8.54. The molecule has 0 fully saturated rings. The molecule has 0 saturated heterocycles. The summed E-state index contributed by atoms with van der Waals surface area (Å²) in [4.78, 5) is 22.6. The number of hydrogen-bond donors (Lipinski definition) is 1. The summed E-state index contributed by atoms with van der Waals surface area (Å²) >= 11 is 0. The summed E-state index contributed by atoms with van der Waals surface area (Å²) in [5, 5.41) is 2.79. The molecule has 0 spiro atoms. The lowest BCUT2D eigenvalue weighted by atomic mass is 9.96. The molecule has 0 unspecified atom stereocenters. The largest absolute Gasteiger partial charge is 0.466 e. The molecule has 4 nitrogen and oxygen atoms in total. The Bertz CT molecular complexity index is 231. The monoisotopic (exact) mass is 229 g/mol. The number of rotatable bonds is 6. The van der Waals surface area contributed by atoms with Gasteiger partial charge in [0.1, 0.15) is 0 Å². The number of esters is 1. The molecule has 0 aliphatic rings. The predicted molar refractivity (Wildman–Crippen MR) is 62.9 cm³/mol. The molecule has 0 bridgehead atoms. The van der Waals surface area contributed by atoms with E-state index in [2.05, 4.69) is 5.32 Å². The fourth-order valence-corrected chi connectivity index (χ4v) is 0.988. The van der Waals surface area contributed by atoms with Gasteiger partial charge in [-0.2, -0.15) is 0 Å². The van der Waals surface area contributed by atoms with Gasteiger partial charge in [-0.15, -0.1) is 0 Å². The molecule has 1 amide bonds. The molecule has 0 aliphatic heterocycles. The topological polar surface area (TPSA) is 55.4 Å². The van der Waals surface area contributed by atoms with Gasteiger partial charge in [-0.25, -0.2) is 0 Å². The van der Waals surface area contributed by atoms with Gasteiger partial charge in [-0.3, -0.25) is 9.59 Å². The van der Waals surface area contributed by atoms with Crippen molar-refractivity contribution in [1.82, 2.24) is 5.32 Å². The third kappa shape index (κ3) is 7.26. The van der Waals surface area contributed by atoms with Crippen molar-refractivity contribution in [2.75, 3.05) is 13.2 Å². The third-order valence-electron chi connectivity index (χ3n) is 1.99. The summed E-state index contributed by atoms with van der Waals surface area (Å²) < 4.78 is 4.91. The van der Waals surface area contributed by atoms with Crippen molar-refractivity contribution in [3.05, 3.63) is 0 Å². The fourth-order valence-electron chi connectivity index (χ4n) is 0.988. The number of carbonyl (C=O) groups excluding carboxylic acids is 2. The molecule has 0 aromatic heterocycles. The third-order valence-corrected chi connectivity index (χ3v) is 1.99. The normalized spacial score (nSPS) is 11.0. The molecular formula is C12H23NO3. The SMILES string of the molecule is CCCOC(=O)CCCNC(=O)C(C)(C)C. The number of hydrogen-bond acceptors (Lipinski definition) is 3. The van der Waals surface area contributed by atoms with Crippen LogP contribution in [0.5, 0.6) is 0 Å². The summed E-state index contributed by atoms with van der Waals surface area (Å²) in [6, 6.07) is 0. The van der Waals surface area contributed by atoms with Gasteiger partial charge in [0.05, 0.1) is 6.61 Å². The standard InChI is InChI=1S/C12H23NO3/c1-5-9-16-10(14)7-6-8-13-11(15)12(2,3)4/h5-9H2,1-4H3,(H,13,15). The van der Waals surface area contributed by atoms with Crippen molar-refractivity contribution in [1.29, 1.82) is 0 Å². The maximum Gasteiger partial charge on any atom is 0.305 e. The van der Waals surface area contributed by atoms with Gasteiger partial charge in [0, 0.05) is 18.4 Å². The van der Waals surface area contributed by atoms with E-state index in [4.69, 9.17) is 4.74 Å². The van der Waals surface area contributed by atoms with Crippen molar-refractivity contribution in [2.24, 2.45) is 5.41 Å². The van der Waals surface area contributed by atoms with Crippen molar-refractivity contribution >= 4 is 11.9 Å². The van der Waals surface area contributed by atoms with Gasteiger partial charge in [0.25, 0.3) is 0 Å². The van der Waals surface area contributed by atoms with Crippen molar-refractivity contribution in [3.63, 3.8) is 0 Å². The smallest absolute Gasteiger partial charge is 0.305 e. The second-order valence-electron chi connectivity index (χ2n) is 4.83. The maximum atomic E-state index is 11.5. The quantitative estimate of drug-likeness (QED) is 0.559. The van der Waals surface area contributed by atoms with Gasteiger partial charge in [-0.05, 0) is 12.8 Å². The molecule has 0 rings (SSSR count). The van der Waals surface area contributed by atoms with Crippen LogP contribution in [-0.2, 0) is 14.3 Å². The molecule has 16 heavy (non-hydrogen) atoms. The highest BCUT2D eigenvalue weighted by molar-refractivity contribution is 5.81. The van der Waals surface area contributed by atoms with E-state index in [0.717, 1.165) is 6.42 Å². The van der Waals surface area contributed by atoms with E-state index < -0.39 is 0 Å². The van der Waals surface area contributed by atoms with Crippen LogP contribution < -0.4 is 5.32 Å². The van der Waals surface area contributed by atoms with Crippen molar-refractivity contribution in [3.8, 4) is 0 Å². The van der Waals surface area contributed by atoms with E-state index in [9.17, 15) is 9.59 Å². The van der Waals surface area contributed by atoms with E-state index in [0.29, 0.717) is 26.0 Å². The minimum atomic E-state index is -0.372. The Morgan fingerprint density at radius 2 is 1.88 bits per heavy atom. The molecule has 0 aromatic carbocycles.